The molecule has 0 amide bonds. The zero-order valence-electron chi connectivity index (χ0n) is 20.6. The fourth-order valence-electron chi connectivity index (χ4n) is 5.14. The van der Waals surface area contributed by atoms with Crippen LogP contribution in [0, 0.1) is 0 Å². The van der Waals surface area contributed by atoms with Gasteiger partial charge in [0.15, 0.2) is 5.82 Å². The van der Waals surface area contributed by atoms with Gasteiger partial charge in [-0.2, -0.15) is 4.98 Å². The summed E-state index contributed by atoms with van der Waals surface area (Å²) in [6, 6.07) is 15.2. The molecule has 1 saturated heterocycles. The van der Waals surface area contributed by atoms with Gasteiger partial charge in [0.25, 0.3) is 0 Å². The number of likely N-dealkylation sites (tertiary alicyclic amines) is 1. The molecular weight excluding hydrogens is 458 g/mol. The van der Waals surface area contributed by atoms with E-state index in [1.54, 1.807) is 6.20 Å². The van der Waals surface area contributed by atoms with E-state index in [9.17, 15) is 0 Å². The summed E-state index contributed by atoms with van der Waals surface area (Å²) in [5.74, 6) is 1.79. The number of nitrogens with one attached hydrogen (secondary N) is 2. The monoisotopic (exact) mass is 491 g/mol. The van der Waals surface area contributed by atoms with E-state index in [0.29, 0.717) is 16.8 Å². The molecule has 35 heavy (non-hydrogen) atoms. The number of aryl methyl sites for hydroxylation is 2. The van der Waals surface area contributed by atoms with Crippen LogP contribution in [0.4, 0.5) is 23.1 Å². The first kappa shape index (κ1) is 23.9. The molecule has 1 aliphatic carbocycles. The Morgan fingerprint density at radius 2 is 1.77 bits per heavy atom. The van der Waals surface area contributed by atoms with Crippen LogP contribution in [0.1, 0.15) is 50.7 Å². The van der Waals surface area contributed by atoms with E-state index in [2.05, 4.69) is 43.7 Å². The van der Waals surface area contributed by atoms with Gasteiger partial charge in [0.1, 0.15) is 10.8 Å². The summed E-state index contributed by atoms with van der Waals surface area (Å²) in [5, 5.41) is 7.14. The molecule has 0 radical (unpaired) electrons. The Kier molecular flexibility index (Phi) is 7.40. The molecule has 5 rings (SSSR count). The summed E-state index contributed by atoms with van der Waals surface area (Å²) in [7, 11) is 0. The van der Waals surface area contributed by atoms with Crippen LogP contribution in [0.2, 0.25) is 5.02 Å². The van der Waals surface area contributed by atoms with E-state index in [4.69, 9.17) is 16.3 Å². The second-order valence-corrected chi connectivity index (χ2v) is 10.2. The van der Waals surface area contributed by atoms with Crippen molar-refractivity contribution in [2.75, 3.05) is 23.7 Å². The molecule has 184 valence electrons. The van der Waals surface area contributed by atoms with E-state index in [-0.39, 0.29) is 6.10 Å². The largest absolute Gasteiger partial charge is 0.489 e. The van der Waals surface area contributed by atoms with Crippen LogP contribution < -0.4 is 15.4 Å². The highest BCUT2D eigenvalue weighted by molar-refractivity contribution is 6.32. The van der Waals surface area contributed by atoms with Crippen LogP contribution in [-0.4, -0.2) is 40.1 Å². The number of para-hydroxylation sites is 2. The molecule has 1 atom stereocenters. The van der Waals surface area contributed by atoms with Crippen molar-refractivity contribution in [1.29, 1.82) is 0 Å². The molecule has 0 saturated carbocycles. The predicted octanol–water partition coefficient (Wildman–Crippen LogP) is 6.75. The molecule has 1 aromatic heterocycles. The molecule has 6 nitrogen and oxygen atoms in total. The summed E-state index contributed by atoms with van der Waals surface area (Å²) < 4.78 is 5.92. The molecule has 2 heterocycles. The van der Waals surface area contributed by atoms with E-state index in [0.717, 1.165) is 36.0 Å². The van der Waals surface area contributed by atoms with Crippen LogP contribution in [0.3, 0.4) is 0 Å². The lowest BCUT2D eigenvalue weighted by Gasteiger charge is -2.25. The summed E-state index contributed by atoms with van der Waals surface area (Å²) in [6.07, 6.45) is 9.16. The van der Waals surface area contributed by atoms with Crippen LogP contribution in [0.25, 0.3) is 0 Å². The highest BCUT2D eigenvalue weighted by atomic mass is 35.5. The number of hydrogen-bond donors (Lipinski definition) is 2. The first-order valence-electron chi connectivity index (χ1n) is 12.7. The lowest BCUT2D eigenvalue weighted by Crippen LogP contribution is -2.32. The van der Waals surface area contributed by atoms with Crippen molar-refractivity contribution < 1.29 is 4.74 Å². The average Bonchev–Trinajstić information content (AvgIpc) is 3.30. The van der Waals surface area contributed by atoms with Crippen molar-refractivity contribution in [2.24, 2.45) is 0 Å². The van der Waals surface area contributed by atoms with Gasteiger partial charge >= 0.3 is 0 Å². The molecule has 2 aromatic carbocycles. The zero-order valence-corrected chi connectivity index (χ0v) is 21.3. The normalized spacial score (nSPS) is 18.2. The smallest absolute Gasteiger partial charge is 0.229 e. The topological polar surface area (TPSA) is 62.3 Å². The quantitative estimate of drug-likeness (QED) is 0.356. The Bertz CT molecular complexity index is 1160. The van der Waals surface area contributed by atoms with Crippen LogP contribution >= 0.6 is 11.6 Å². The van der Waals surface area contributed by atoms with E-state index in [1.165, 1.54) is 49.9 Å². The highest BCUT2D eigenvalue weighted by Crippen LogP contribution is 2.32. The van der Waals surface area contributed by atoms with Gasteiger partial charge in [-0.05, 0) is 101 Å². The number of hydrogen-bond acceptors (Lipinski definition) is 6. The third-order valence-corrected chi connectivity index (χ3v) is 7.14. The molecule has 2 aliphatic rings. The molecule has 2 N–H and O–H groups in total. The Morgan fingerprint density at radius 1 is 1.00 bits per heavy atom. The molecule has 0 bridgehead atoms. The van der Waals surface area contributed by atoms with Crippen molar-refractivity contribution >= 4 is 34.7 Å². The second-order valence-electron chi connectivity index (χ2n) is 9.76. The highest BCUT2D eigenvalue weighted by Gasteiger charge is 2.24. The summed E-state index contributed by atoms with van der Waals surface area (Å²) in [5.41, 5.74) is 4.72. The summed E-state index contributed by atoms with van der Waals surface area (Å²) >= 11 is 6.43. The minimum atomic E-state index is 0.0647. The van der Waals surface area contributed by atoms with Gasteiger partial charge in [0.2, 0.25) is 5.95 Å². The predicted molar refractivity (Wildman–Crippen MR) is 143 cm³/mol. The van der Waals surface area contributed by atoms with Gasteiger partial charge in [-0.3, -0.25) is 0 Å². The molecule has 7 heteroatoms. The van der Waals surface area contributed by atoms with Crippen molar-refractivity contribution in [1.82, 2.24) is 14.9 Å². The molecule has 1 unspecified atom stereocenters. The number of anilines is 4. The van der Waals surface area contributed by atoms with Crippen LogP contribution in [0.15, 0.2) is 48.7 Å². The number of ether oxygens (including phenoxy) is 1. The van der Waals surface area contributed by atoms with Gasteiger partial charge in [0.05, 0.1) is 18.0 Å². The molecule has 3 aromatic rings. The van der Waals surface area contributed by atoms with Gasteiger partial charge in [0, 0.05) is 11.7 Å². The molecular formula is C28H34ClN5O. The lowest BCUT2D eigenvalue weighted by molar-refractivity contribution is 0.222. The Labute approximate surface area is 213 Å². The minimum Gasteiger partial charge on any atom is -0.489 e. The zero-order chi connectivity index (χ0) is 24.2. The maximum atomic E-state index is 6.43. The molecule has 1 fully saturated rings. The third-order valence-electron chi connectivity index (χ3n) is 6.86. The van der Waals surface area contributed by atoms with Crippen molar-refractivity contribution in [3.63, 3.8) is 0 Å². The first-order chi connectivity index (χ1) is 17.0. The number of nitrogens with zero attached hydrogens (tertiary/aromatic N) is 3. The standard InChI is InChI=1S/C28H34ClN5O/c1-19(2)35-26-8-4-3-7-25(26)32-27-24(29)18-30-28(33-27)31-22-12-9-20-10-13-23(14-11-21(20)17-22)34-15-5-6-16-34/h3-4,7-9,12,17-19,23H,5-6,10-11,13-16H2,1-2H3,(H2,30,31,32,33). The van der Waals surface area contributed by atoms with Crippen LogP contribution in [0.5, 0.6) is 5.75 Å². The maximum Gasteiger partial charge on any atom is 0.229 e. The Balaban J connectivity index is 1.30. The van der Waals surface area contributed by atoms with Crippen molar-refractivity contribution in [3.05, 3.63) is 64.8 Å². The fraction of sp³-hybridized carbons (Fsp3) is 0.429. The Hall–Kier alpha value is -2.83. The van der Waals surface area contributed by atoms with E-state index >= 15 is 0 Å². The van der Waals surface area contributed by atoms with Crippen molar-refractivity contribution in [2.45, 2.75) is 64.5 Å². The summed E-state index contributed by atoms with van der Waals surface area (Å²) in [6.45, 7) is 6.55. The first-order valence-corrected chi connectivity index (χ1v) is 13.1. The third kappa shape index (κ3) is 5.88. The number of aromatic nitrogens is 2. The maximum absolute atomic E-state index is 6.43. The van der Waals surface area contributed by atoms with Crippen LogP contribution in [-0.2, 0) is 12.8 Å². The van der Waals surface area contributed by atoms with E-state index in [1.807, 2.05) is 38.1 Å². The Morgan fingerprint density at radius 3 is 2.57 bits per heavy atom. The van der Waals surface area contributed by atoms with Gasteiger partial charge in [-0.1, -0.05) is 29.8 Å². The van der Waals surface area contributed by atoms with Gasteiger partial charge < -0.3 is 20.3 Å². The number of rotatable bonds is 7. The second kappa shape index (κ2) is 10.8. The molecule has 0 spiro atoms. The summed E-state index contributed by atoms with van der Waals surface area (Å²) in [4.78, 5) is 11.8. The van der Waals surface area contributed by atoms with E-state index < -0.39 is 0 Å². The number of halogens is 1. The number of fused-ring (bicyclic) bond motifs is 1. The van der Waals surface area contributed by atoms with Gasteiger partial charge in [-0.15, -0.1) is 0 Å². The molecule has 1 aliphatic heterocycles. The SMILES string of the molecule is CC(C)Oc1ccccc1Nc1nc(Nc2ccc3c(c2)CCC(N2CCCC2)CC3)ncc1Cl. The fourth-order valence-corrected chi connectivity index (χ4v) is 5.28. The minimum absolute atomic E-state index is 0.0647. The average molecular weight is 492 g/mol. The van der Waals surface area contributed by atoms with Crippen molar-refractivity contribution in [3.8, 4) is 5.75 Å². The number of benzene rings is 2. The lowest BCUT2D eigenvalue weighted by atomic mass is 10.0. The van der Waals surface area contributed by atoms with Gasteiger partial charge in [-0.25, -0.2) is 4.98 Å².